The average molecular weight is 353 g/mol. The molecular weight excluding hydrogens is 330 g/mol. The van der Waals surface area contributed by atoms with Crippen molar-refractivity contribution >= 4 is 0 Å². The standard InChI is InChI=1S/C24H23N3/c25-16-7-13-23-15-14-22(20-27-18-8-17-26-27)19-24(23)12-6-2-5-11-21-9-3-1-4-10-21/h1,3-4,8-10,14-15,17-19H,2,5,7,11,13,20H2. The van der Waals surface area contributed by atoms with Gasteiger partial charge < -0.3 is 0 Å². The van der Waals surface area contributed by atoms with Crippen molar-refractivity contribution in [2.75, 3.05) is 0 Å². The van der Waals surface area contributed by atoms with Gasteiger partial charge in [-0.25, -0.2) is 0 Å². The fraction of sp³-hybridized carbons (Fsp3) is 0.250. The van der Waals surface area contributed by atoms with Gasteiger partial charge in [0.15, 0.2) is 0 Å². The number of benzene rings is 2. The van der Waals surface area contributed by atoms with Crippen LogP contribution < -0.4 is 0 Å². The Morgan fingerprint density at radius 3 is 2.59 bits per heavy atom. The Balaban J connectivity index is 1.66. The summed E-state index contributed by atoms with van der Waals surface area (Å²) in [4.78, 5) is 0. The Morgan fingerprint density at radius 2 is 1.81 bits per heavy atom. The lowest BCUT2D eigenvalue weighted by Gasteiger charge is -2.07. The van der Waals surface area contributed by atoms with Crippen molar-refractivity contribution in [3.05, 3.63) is 89.2 Å². The molecule has 3 heteroatoms. The number of nitrogens with zero attached hydrogens (tertiary/aromatic N) is 3. The number of hydrogen-bond donors (Lipinski definition) is 0. The number of rotatable bonds is 7. The summed E-state index contributed by atoms with van der Waals surface area (Å²) >= 11 is 0. The van der Waals surface area contributed by atoms with E-state index in [4.69, 9.17) is 5.26 Å². The highest BCUT2D eigenvalue weighted by Gasteiger charge is 2.03. The van der Waals surface area contributed by atoms with Crippen LogP contribution in [0.1, 0.15) is 41.5 Å². The van der Waals surface area contributed by atoms with E-state index < -0.39 is 0 Å². The van der Waals surface area contributed by atoms with Gasteiger partial charge in [-0.2, -0.15) is 10.4 Å². The summed E-state index contributed by atoms with van der Waals surface area (Å²) in [5.74, 6) is 6.66. The minimum Gasteiger partial charge on any atom is -0.268 e. The van der Waals surface area contributed by atoms with Crippen LogP contribution >= 0.6 is 0 Å². The molecule has 0 atom stereocenters. The molecule has 0 aliphatic carbocycles. The van der Waals surface area contributed by atoms with Crippen molar-refractivity contribution in [3.8, 4) is 17.9 Å². The maximum atomic E-state index is 8.90. The number of nitriles is 1. The summed E-state index contributed by atoms with van der Waals surface area (Å²) in [5.41, 5.74) is 4.72. The van der Waals surface area contributed by atoms with Gasteiger partial charge in [-0.15, -0.1) is 0 Å². The van der Waals surface area contributed by atoms with Crippen LogP contribution in [-0.2, 0) is 19.4 Å². The highest BCUT2D eigenvalue weighted by molar-refractivity contribution is 5.44. The Bertz CT molecular complexity index is 939. The summed E-state index contributed by atoms with van der Waals surface area (Å²) in [7, 11) is 0. The monoisotopic (exact) mass is 353 g/mol. The normalized spacial score (nSPS) is 10.0. The number of hydrogen-bond acceptors (Lipinski definition) is 2. The third-order valence-electron chi connectivity index (χ3n) is 4.42. The van der Waals surface area contributed by atoms with Gasteiger partial charge in [0.2, 0.25) is 0 Å². The molecule has 0 saturated heterocycles. The Labute approximate surface area is 161 Å². The lowest BCUT2D eigenvalue weighted by atomic mass is 10.00. The summed E-state index contributed by atoms with van der Waals surface area (Å²) in [5, 5.41) is 13.2. The van der Waals surface area contributed by atoms with Crippen molar-refractivity contribution in [1.82, 2.24) is 9.78 Å². The van der Waals surface area contributed by atoms with Crippen molar-refractivity contribution < 1.29 is 0 Å². The maximum absolute atomic E-state index is 8.90. The molecule has 0 spiro atoms. The topological polar surface area (TPSA) is 41.6 Å². The molecule has 0 amide bonds. The van der Waals surface area contributed by atoms with E-state index in [0.29, 0.717) is 6.42 Å². The van der Waals surface area contributed by atoms with E-state index in [2.05, 4.69) is 65.5 Å². The van der Waals surface area contributed by atoms with Gasteiger partial charge in [0.25, 0.3) is 0 Å². The van der Waals surface area contributed by atoms with E-state index in [9.17, 15) is 0 Å². The SMILES string of the molecule is N#CCCc1ccc(Cn2cccn2)cc1C#CCCCc1ccccc1. The minimum atomic E-state index is 0.515. The van der Waals surface area contributed by atoms with Gasteiger partial charge in [0.1, 0.15) is 0 Å². The number of aryl methyl sites for hydroxylation is 2. The minimum absolute atomic E-state index is 0.515. The van der Waals surface area contributed by atoms with Crippen LogP contribution in [0.5, 0.6) is 0 Å². The van der Waals surface area contributed by atoms with Crippen LogP contribution in [0.3, 0.4) is 0 Å². The maximum Gasteiger partial charge on any atom is 0.0659 e. The first kappa shape index (κ1) is 18.5. The fourth-order valence-corrected chi connectivity index (χ4v) is 3.01. The summed E-state index contributed by atoms with van der Waals surface area (Å²) in [6.07, 6.45) is 7.98. The zero-order chi connectivity index (χ0) is 18.7. The number of unbranched alkanes of at least 4 members (excludes halogenated alkanes) is 1. The van der Waals surface area contributed by atoms with Crippen LogP contribution in [-0.4, -0.2) is 9.78 Å². The van der Waals surface area contributed by atoms with E-state index >= 15 is 0 Å². The van der Waals surface area contributed by atoms with Crippen molar-refractivity contribution in [2.45, 2.75) is 38.6 Å². The molecule has 0 aliphatic rings. The summed E-state index contributed by atoms with van der Waals surface area (Å²) < 4.78 is 1.90. The first-order valence-electron chi connectivity index (χ1n) is 9.34. The first-order chi connectivity index (χ1) is 13.3. The largest absolute Gasteiger partial charge is 0.268 e. The van der Waals surface area contributed by atoms with Crippen LogP contribution in [0.15, 0.2) is 67.0 Å². The average Bonchev–Trinajstić information content (AvgIpc) is 3.21. The van der Waals surface area contributed by atoms with Gasteiger partial charge in [0, 0.05) is 30.8 Å². The smallest absolute Gasteiger partial charge is 0.0659 e. The lowest BCUT2D eigenvalue weighted by molar-refractivity contribution is 0.686. The van der Waals surface area contributed by atoms with Crippen molar-refractivity contribution in [3.63, 3.8) is 0 Å². The Kier molecular flexibility index (Phi) is 6.85. The molecular formula is C24H23N3. The molecule has 0 radical (unpaired) electrons. The van der Waals surface area contributed by atoms with E-state index in [0.717, 1.165) is 43.4 Å². The highest BCUT2D eigenvalue weighted by atomic mass is 15.3. The third-order valence-corrected chi connectivity index (χ3v) is 4.42. The second-order valence-corrected chi connectivity index (χ2v) is 6.49. The van der Waals surface area contributed by atoms with Crippen LogP contribution in [0.25, 0.3) is 0 Å². The van der Waals surface area contributed by atoms with Crippen LogP contribution in [0, 0.1) is 23.2 Å². The molecule has 0 unspecified atom stereocenters. The van der Waals surface area contributed by atoms with E-state index in [1.54, 1.807) is 6.20 Å². The van der Waals surface area contributed by atoms with Crippen LogP contribution in [0.2, 0.25) is 0 Å². The Morgan fingerprint density at radius 1 is 0.926 bits per heavy atom. The molecule has 1 heterocycles. The zero-order valence-corrected chi connectivity index (χ0v) is 15.4. The van der Waals surface area contributed by atoms with E-state index in [1.165, 1.54) is 11.1 Å². The molecule has 134 valence electrons. The molecule has 0 bridgehead atoms. The lowest BCUT2D eigenvalue weighted by Crippen LogP contribution is -2.01. The van der Waals surface area contributed by atoms with Crippen molar-refractivity contribution in [1.29, 1.82) is 5.26 Å². The second kappa shape index (κ2) is 10.00. The van der Waals surface area contributed by atoms with Gasteiger partial charge in [-0.3, -0.25) is 4.68 Å². The van der Waals surface area contributed by atoms with Gasteiger partial charge >= 0.3 is 0 Å². The van der Waals surface area contributed by atoms with E-state index in [1.807, 2.05) is 23.0 Å². The highest BCUT2D eigenvalue weighted by Crippen LogP contribution is 2.15. The van der Waals surface area contributed by atoms with Crippen LogP contribution in [0.4, 0.5) is 0 Å². The summed E-state index contributed by atoms with van der Waals surface area (Å²) in [6.45, 7) is 0.730. The van der Waals surface area contributed by atoms with Crippen molar-refractivity contribution in [2.24, 2.45) is 0 Å². The fourth-order valence-electron chi connectivity index (χ4n) is 3.01. The zero-order valence-electron chi connectivity index (χ0n) is 15.4. The Hall–Kier alpha value is -3.30. The third kappa shape index (κ3) is 5.87. The van der Waals surface area contributed by atoms with Gasteiger partial charge in [-0.1, -0.05) is 54.3 Å². The second-order valence-electron chi connectivity index (χ2n) is 6.49. The molecule has 0 saturated carbocycles. The predicted octanol–water partition coefficient (Wildman–Crippen LogP) is 4.76. The molecule has 27 heavy (non-hydrogen) atoms. The molecule has 1 aromatic heterocycles. The molecule has 2 aromatic carbocycles. The quantitative estimate of drug-likeness (QED) is 0.454. The number of aromatic nitrogens is 2. The molecule has 0 aliphatic heterocycles. The molecule has 0 fully saturated rings. The summed E-state index contributed by atoms with van der Waals surface area (Å²) in [6, 6.07) is 21.0. The van der Waals surface area contributed by atoms with E-state index in [-0.39, 0.29) is 0 Å². The van der Waals surface area contributed by atoms with Gasteiger partial charge in [0.05, 0.1) is 12.6 Å². The molecule has 3 rings (SSSR count). The molecule has 3 nitrogen and oxygen atoms in total. The first-order valence-corrected chi connectivity index (χ1v) is 9.34. The predicted molar refractivity (Wildman–Crippen MR) is 108 cm³/mol. The molecule has 3 aromatic rings. The molecule has 0 N–H and O–H groups in total. The van der Waals surface area contributed by atoms with Gasteiger partial charge in [-0.05, 0) is 48.1 Å².